The number of piperidine rings is 1. The third kappa shape index (κ3) is 5.10. The van der Waals surface area contributed by atoms with E-state index in [2.05, 4.69) is 24.0 Å². The molecule has 2 rings (SSSR count). The van der Waals surface area contributed by atoms with E-state index in [1.54, 1.807) is 11.7 Å². The molecule has 0 spiro atoms. The maximum absolute atomic E-state index is 12.4. The molecule has 0 radical (unpaired) electrons. The van der Waals surface area contributed by atoms with Gasteiger partial charge in [-0.3, -0.25) is 9.36 Å². The number of H-pyrrole nitrogens is 1. The van der Waals surface area contributed by atoms with Crippen LogP contribution in [0.3, 0.4) is 0 Å². The summed E-state index contributed by atoms with van der Waals surface area (Å²) in [5.41, 5.74) is -0.240. The van der Waals surface area contributed by atoms with Gasteiger partial charge >= 0.3 is 5.69 Å². The van der Waals surface area contributed by atoms with Crippen LogP contribution in [0.1, 0.15) is 26.7 Å². The van der Waals surface area contributed by atoms with Crippen molar-refractivity contribution in [1.82, 2.24) is 19.7 Å². The van der Waals surface area contributed by atoms with Gasteiger partial charge in [0.05, 0.1) is 5.75 Å². The number of methoxy groups -OCH3 is 1. The number of nitrogens with one attached hydrogen (secondary N) is 1. The zero-order valence-corrected chi connectivity index (χ0v) is 14.9. The van der Waals surface area contributed by atoms with E-state index in [-0.39, 0.29) is 11.6 Å². The number of amides is 1. The van der Waals surface area contributed by atoms with E-state index < -0.39 is 0 Å². The van der Waals surface area contributed by atoms with Crippen molar-refractivity contribution in [2.75, 3.05) is 32.6 Å². The molecule has 130 valence electrons. The smallest absolute Gasteiger partial charge is 0.343 e. The molecule has 1 amide bonds. The zero-order valence-electron chi connectivity index (χ0n) is 14.1. The van der Waals surface area contributed by atoms with E-state index in [9.17, 15) is 9.59 Å². The Bertz CT molecular complexity index is 561. The third-order valence-electron chi connectivity index (χ3n) is 4.00. The molecule has 2 heterocycles. The fourth-order valence-electron chi connectivity index (χ4n) is 3.06. The number of carbonyl (C=O) groups excluding carboxylic acids is 1. The number of aromatic amines is 1. The van der Waals surface area contributed by atoms with E-state index in [0.29, 0.717) is 35.9 Å². The Kier molecular flexibility index (Phi) is 6.71. The molecule has 0 aliphatic carbocycles. The summed E-state index contributed by atoms with van der Waals surface area (Å²) in [6, 6.07) is 0. The van der Waals surface area contributed by atoms with E-state index in [0.717, 1.165) is 19.5 Å². The Hall–Kier alpha value is -1.28. The molecule has 1 saturated heterocycles. The number of nitrogens with zero attached hydrogens (tertiary/aromatic N) is 3. The number of thioether (sulfide) groups is 1. The maximum Gasteiger partial charge on any atom is 0.343 e. The van der Waals surface area contributed by atoms with Crippen LogP contribution in [0.2, 0.25) is 0 Å². The fraction of sp³-hybridized carbons (Fsp3) is 0.800. The normalized spacial score (nSPS) is 21.6. The van der Waals surface area contributed by atoms with Crippen LogP contribution in [0.5, 0.6) is 0 Å². The predicted octanol–water partition coefficient (Wildman–Crippen LogP) is 1.20. The average molecular weight is 342 g/mol. The van der Waals surface area contributed by atoms with Crippen LogP contribution in [0.25, 0.3) is 0 Å². The maximum atomic E-state index is 12.4. The van der Waals surface area contributed by atoms with Gasteiger partial charge in [0, 0.05) is 33.4 Å². The first-order chi connectivity index (χ1) is 11.0. The molecule has 1 aliphatic heterocycles. The lowest BCUT2D eigenvalue weighted by atomic mass is 9.92. The highest BCUT2D eigenvalue weighted by molar-refractivity contribution is 7.99. The van der Waals surface area contributed by atoms with Crippen LogP contribution in [-0.2, 0) is 16.1 Å². The molecular formula is C15H26N4O3S. The van der Waals surface area contributed by atoms with Gasteiger partial charge in [-0.2, -0.15) is 0 Å². The lowest BCUT2D eigenvalue weighted by Crippen LogP contribution is -2.43. The number of carbonyl (C=O) groups is 1. The van der Waals surface area contributed by atoms with Gasteiger partial charge in [-0.25, -0.2) is 9.89 Å². The fourth-order valence-corrected chi connectivity index (χ4v) is 3.94. The second-order valence-corrected chi connectivity index (χ2v) is 7.29. The Morgan fingerprint density at radius 3 is 2.74 bits per heavy atom. The Morgan fingerprint density at radius 2 is 2.09 bits per heavy atom. The minimum Gasteiger partial charge on any atom is -0.385 e. The molecule has 1 N–H and O–H groups in total. The molecule has 2 unspecified atom stereocenters. The van der Waals surface area contributed by atoms with Gasteiger partial charge in [0.25, 0.3) is 0 Å². The Balaban J connectivity index is 1.90. The lowest BCUT2D eigenvalue weighted by Gasteiger charge is -2.34. The summed E-state index contributed by atoms with van der Waals surface area (Å²) in [6.45, 7) is 7.14. The minimum absolute atomic E-state index is 0.118. The molecule has 1 aliphatic rings. The van der Waals surface area contributed by atoms with Crippen LogP contribution in [-0.4, -0.2) is 58.1 Å². The van der Waals surface area contributed by atoms with Gasteiger partial charge in [0.2, 0.25) is 5.91 Å². The minimum atomic E-state index is -0.240. The van der Waals surface area contributed by atoms with Gasteiger partial charge in [0.15, 0.2) is 5.16 Å². The Labute approximate surface area is 140 Å². The second-order valence-electron chi connectivity index (χ2n) is 6.34. The molecule has 1 aromatic heterocycles. The number of ether oxygens (including phenoxy) is 1. The molecule has 8 heteroatoms. The van der Waals surface area contributed by atoms with Gasteiger partial charge in [-0.05, 0) is 24.7 Å². The first-order valence-corrected chi connectivity index (χ1v) is 9.04. The number of aromatic nitrogens is 3. The largest absolute Gasteiger partial charge is 0.385 e. The standard InChI is InChI=1S/C15H26N4O3S/c1-11-7-12(2)9-18(8-11)13(20)10-23-15-17-16-14(21)19(15)5-4-6-22-3/h11-12H,4-10H2,1-3H3,(H,16,21). The topological polar surface area (TPSA) is 80.2 Å². The lowest BCUT2D eigenvalue weighted by molar-refractivity contribution is -0.130. The summed E-state index contributed by atoms with van der Waals surface area (Å²) >= 11 is 1.32. The van der Waals surface area contributed by atoms with Gasteiger partial charge in [-0.15, -0.1) is 5.10 Å². The number of hydrogen-bond acceptors (Lipinski definition) is 5. The van der Waals surface area contributed by atoms with E-state index in [4.69, 9.17) is 4.74 Å². The van der Waals surface area contributed by atoms with Crippen molar-refractivity contribution in [2.45, 2.75) is 38.4 Å². The SMILES string of the molecule is COCCCn1c(SCC(=O)N2CC(C)CC(C)C2)n[nH]c1=O. The monoisotopic (exact) mass is 342 g/mol. The van der Waals surface area contributed by atoms with Crippen molar-refractivity contribution in [1.29, 1.82) is 0 Å². The van der Waals surface area contributed by atoms with Crippen molar-refractivity contribution in [3.8, 4) is 0 Å². The van der Waals surface area contributed by atoms with Crippen molar-refractivity contribution in [3.05, 3.63) is 10.5 Å². The van der Waals surface area contributed by atoms with Crippen LogP contribution in [0.4, 0.5) is 0 Å². The summed E-state index contributed by atoms with van der Waals surface area (Å²) in [4.78, 5) is 26.1. The molecule has 23 heavy (non-hydrogen) atoms. The summed E-state index contributed by atoms with van der Waals surface area (Å²) in [5, 5.41) is 7.04. The molecular weight excluding hydrogens is 316 g/mol. The highest BCUT2D eigenvalue weighted by Gasteiger charge is 2.25. The molecule has 0 aromatic carbocycles. The summed E-state index contributed by atoms with van der Waals surface area (Å²) < 4.78 is 6.57. The van der Waals surface area contributed by atoms with E-state index in [1.807, 2.05) is 4.90 Å². The molecule has 7 nitrogen and oxygen atoms in total. The van der Waals surface area contributed by atoms with Crippen LogP contribution in [0.15, 0.2) is 9.95 Å². The van der Waals surface area contributed by atoms with Crippen molar-refractivity contribution < 1.29 is 9.53 Å². The summed E-state index contributed by atoms with van der Waals surface area (Å²) in [7, 11) is 1.63. The van der Waals surface area contributed by atoms with Gasteiger partial charge in [0.1, 0.15) is 0 Å². The predicted molar refractivity (Wildman–Crippen MR) is 89.6 cm³/mol. The van der Waals surface area contributed by atoms with Gasteiger partial charge < -0.3 is 9.64 Å². The van der Waals surface area contributed by atoms with Crippen molar-refractivity contribution >= 4 is 17.7 Å². The van der Waals surface area contributed by atoms with E-state index in [1.165, 1.54) is 18.2 Å². The first-order valence-electron chi connectivity index (χ1n) is 8.06. The van der Waals surface area contributed by atoms with Crippen LogP contribution >= 0.6 is 11.8 Å². The number of rotatable bonds is 7. The summed E-state index contributed by atoms with van der Waals surface area (Å²) in [5.74, 6) is 1.52. The second kappa shape index (κ2) is 8.54. The Morgan fingerprint density at radius 1 is 1.39 bits per heavy atom. The average Bonchev–Trinajstić information content (AvgIpc) is 2.85. The number of likely N-dealkylation sites (tertiary alicyclic amines) is 1. The first kappa shape index (κ1) is 18.1. The van der Waals surface area contributed by atoms with Crippen LogP contribution < -0.4 is 5.69 Å². The molecule has 0 saturated carbocycles. The highest BCUT2D eigenvalue weighted by atomic mass is 32.2. The molecule has 2 atom stereocenters. The molecule has 0 bridgehead atoms. The van der Waals surface area contributed by atoms with Gasteiger partial charge in [-0.1, -0.05) is 25.6 Å². The third-order valence-corrected chi connectivity index (χ3v) is 4.96. The number of hydrogen-bond donors (Lipinski definition) is 1. The summed E-state index contributed by atoms with van der Waals surface area (Å²) in [6.07, 6.45) is 1.91. The van der Waals surface area contributed by atoms with Crippen LogP contribution in [0, 0.1) is 11.8 Å². The van der Waals surface area contributed by atoms with Crippen molar-refractivity contribution in [2.24, 2.45) is 11.8 Å². The van der Waals surface area contributed by atoms with E-state index >= 15 is 0 Å². The highest BCUT2D eigenvalue weighted by Crippen LogP contribution is 2.22. The van der Waals surface area contributed by atoms with Crippen molar-refractivity contribution in [3.63, 3.8) is 0 Å². The molecule has 1 fully saturated rings. The zero-order chi connectivity index (χ0) is 16.8. The molecule has 1 aromatic rings. The quantitative estimate of drug-likeness (QED) is 0.595.